The highest BCUT2D eigenvalue weighted by Crippen LogP contribution is 2.25. The van der Waals surface area contributed by atoms with Crippen LogP contribution in [0.25, 0.3) is 0 Å². The van der Waals surface area contributed by atoms with Crippen LogP contribution in [0.15, 0.2) is 47.6 Å². The summed E-state index contributed by atoms with van der Waals surface area (Å²) < 4.78 is 9.55. The van der Waals surface area contributed by atoms with Crippen molar-refractivity contribution < 1.29 is 19.4 Å². The second-order valence-electron chi connectivity index (χ2n) is 7.80. The molecule has 2 aromatic carbocycles. The molecule has 3 amide bonds. The summed E-state index contributed by atoms with van der Waals surface area (Å²) in [4.78, 5) is 29.6. The van der Waals surface area contributed by atoms with Gasteiger partial charge < -0.3 is 9.84 Å². The first-order valence-corrected chi connectivity index (χ1v) is 10.3. The molecule has 1 N–H and O–H groups in total. The molecule has 33 heavy (non-hydrogen) atoms. The number of nitrogens with one attached hydrogen (secondary N) is 1. The molecule has 1 unspecified atom stereocenters. The Morgan fingerprint density at radius 2 is 1.88 bits per heavy atom. The number of fused-ring (bicyclic) bond motifs is 1. The molecule has 0 bridgehead atoms. The molecule has 10 nitrogen and oxygen atoms in total. The van der Waals surface area contributed by atoms with Gasteiger partial charge in [0, 0.05) is 7.05 Å². The number of rotatable bonds is 5. The lowest BCUT2D eigenvalue weighted by atomic mass is 10.1. The van der Waals surface area contributed by atoms with E-state index in [9.17, 15) is 14.7 Å². The van der Waals surface area contributed by atoms with Gasteiger partial charge in [-0.2, -0.15) is 5.43 Å². The number of benzene rings is 2. The molecule has 0 saturated carbocycles. The maximum absolute atomic E-state index is 13.0. The maximum Gasteiger partial charge on any atom is 0.421 e. The second kappa shape index (κ2) is 8.68. The average Bonchev–Trinajstić information content (AvgIpc) is 3.17. The Balaban J connectivity index is 1.65. The SMILES string of the molecule is COc1cccc(/C=N/NC2=[N+]=C3C(C(=O)N(C)C(=O)N3C)N2Cc2ccc(C)cc2)c1[O-]. The third kappa shape index (κ3) is 3.99. The molecule has 2 aliphatic heterocycles. The minimum absolute atomic E-state index is 0.216. The minimum atomic E-state index is -0.774. The highest BCUT2D eigenvalue weighted by Gasteiger charge is 2.54. The lowest BCUT2D eigenvalue weighted by Crippen LogP contribution is -2.63. The van der Waals surface area contributed by atoms with E-state index in [4.69, 9.17) is 4.74 Å². The van der Waals surface area contributed by atoms with Gasteiger partial charge in [0.05, 0.1) is 26.9 Å². The molecule has 0 aromatic heterocycles. The third-order valence-corrected chi connectivity index (χ3v) is 5.60. The van der Waals surface area contributed by atoms with E-state index in [0.29, 0.717) is 23.9 Å². The van der Waals surface area contributed by atoms with Crippen LogP contribution in [0.1, 0.15) is 16.7 Å². The van der Waals surface area contributed by atoms with E-state index in [1.54, 1.807) is 30.1 Å². The standard InChI is InChI=1S/C23H24N6O4/c1-14-8-10-15(11-9-14)13-29-18-20(27(2)23(32)28(3)21(18)31)25-22(29)26-24-12-16-6-5-7-17(33-4)19(16)30/h5-12,18H,13H2,1-4H3,(H,24,30). The van der Waals surface area contributed by atoms with Gasteiger partial charge in [-0.25, -0.2) is 19.3 Å². The van der Waals surface area contributed by atoms with Crippen LogP contribution in [0.4, 0.5) is 4.79 Å². The zero-order valence-electron chi connectivity index (χ0n) is 18.8. The average molecular weight is 448 g/mol. The molecule has 1 saturated heterocycles. The first-order chi connectivity index (χ1) is 15.8. The molecule has 4 rings (SSSR count). The summed E-state index contributed by atoms with van der Waals surface area (Å²) in [5, 5.41) is 16.5. The molecular formula is C23H24N6O4. The molecule has 0 spiro atoms. The van der Waals surface area contributed by atoms with E-state index in [2.05, 4.69) is 15.2 Å². The highest BCUT2D eigenvalue weighted by atomic mass is 16.5. The van der Waals surface area contributed by atoms with Crippen molar-refractivity contribution in [2.45, 2.75) is 19.5 Å². The number of nitrogens with zero attached hydrogens (tertiary/aromatic N) is 5. The van der Waals surface area contributed by atoms with Crippen LogP contribution in [0.3, 0.4) is 0 Å². The van der Waals surface area contributed by atoms with E-state index in [0.717, 1.165) is 16.0 Å². The summed E-state index contributed by atoms with van der Waals surface area (Å²) in [6.45, 7) is 2.36. The smallest absolute Gasteiger partial charge is 0.421 e. The van der Waals surface area contributed by atoms with Crippen molar-refractivity contribution in [3.05, 3.63) is 59.2 Å². The molecule has 0 radical (unpaired) electrons. The van der Waals surface area contributed by atoms with Crippen LogP contribution in [-0.4, -0.2) is 71.9 Å². The number of hydrazone groups is 1. The number of urea groups is 1. The highest BCUT2D eigenvalue weighted by molar-refractivity contribution is 6.23. The molecule has 10 heteroatoms. The summed E-state index contributed by atoms with van der Waals surface area (Å²) in [5.41, 5.74) is 5.25. The zero-order valence-corrected chi connectivity index (χ0v) is 18.8. The molecule has 2 aliphatic rings. The van der Waals surface area contributed by atoms with Gasteiger partial charge in [-0.05, 0) is 24.1 Å². The van der Waals surface area contributed by atoms with Gasteiger partial charge in [0.1, 0.15) is 5.75 Å². The van der Waals surface area contributed by atoms with Crippen LogP contribution in [0.2, 0.25) is 0 Å². The van der Waals surface area contributed by atoms with Crippen molar-refractivity contribution in [3.8, 4) is 11.5 Å². The molecule has 2 heterocycles. The van der Waals surface area contributed by atoms with Crippen LogP contribution in [0.5, 0.6) is 11.5 Å². The summed E-state index contributed by atoms with van der Waals surface area (Å²) in [6, 6.07) is 11.6. The minimum Gasteiger partial charge on any atom is -0.870 e. The quantitative estimate of drug-likeness (QED) is 0.398. The zero-order chi connectivity index (χ0) is 23.7. The Labute approximate surface area is 191 Å². The van der Waals surface area contributed by atoms with Crippen molar-refractivity contribution in [1.82, 2.24) is 24.8 Å². The molecule has 1 atom stereocenters. The van der Waals surface area contributed by atoms with Crippen molar-refractivity contribution >= 4 is 29.9 Å². The Hall–Kier alpha value is -4.30. The largest absolute Gasteiger partial charge is 0.870 e. The summed E-state index contributed by atoms with van der Waals surface area (Å²) in [5.74, 6) is 0.165. The normalized spacial score (nSPS) is 17.9. The van der Waals surface area contributed by atoms with Gasteiger partial charge in [0.15, 0.2) is 0 Å². The van der Waals surface area contributed by atoms with E-state index in [-0.39, 0.29) is 17.4 Å². The molecule has 0 aliphatic carbocycles. The summed E-state index contributed by atoms with van der Waals surface area (Å²) >= 11 is 0. The topological polar surface area (TPSA) is 115 Å². The number of hydrogen-bond donors (Lipinski definition) is 1. The predicted molar refractivity (Wildman–Crippen MR) is 122 cm³/mol. The summed E-state index contributed by atoms with van der Waals surface area (Å²) in [6.07, 6.45) is 1.37. The van der Waals surface area contributed by atoms with Gasteiger partial charge >= 0.3 is 17.8 Å². The van der Waals surface area contributed by atoms with Gasteiger partial charge in [0.25, 0.3) is 5.91 Å². The number of likely N-dealkylation sites (N-methyl/N-ethyl adjacent to an activating group) is 2. The Morgan fingerprint density at radius 1 is 1.15 bits per heavy atom. The van der Waals surface area contributed by atoms with Crippen molar-refractivity contribution in [3.63, 3.8) is 0 Å². The van der Waals surface area contributed by atoms with Crippen LogP contribution in [-0.2, 0) is 11.3 Å². The lowest BCUT2D eigenvalue weighted by Gasteiger charge is -2.31. The Kier molecular flexibility index (Phi) is 5.76. The third-order valence-electron chi connectivity index (χ3n) is 5.60. The summed E-state index contributed by atoms with van der Waals surface area (Å²) in [7, 11) is 4.45. The molecule has 2 aromatic rings. The van der Waals surface area contributed by atoms with E-state index >= 15 is 0 Å². The van der Waals surface area contributed by atoms with E-state index < -0.39 is 12.1 Å². The van der Waals surface area contributed by atoms with Crippen molar-refractivity contribution in [2.24, 2.45) is 5.10 Å². The fourth-order valence-corrected chi connectivity index (χ4v) is 3.70. The number of para-hydroxylation sites is 1. The number of carbonyl (C=O) groups is 2. The monoisotopic (exact) mass is 448 g/mol. The first kappa shape index (κ1) is 21.9. The predicted octanol–water partition coefficient (Wildman–Crippen LogP) is 0.231. The van der Waals surface area contributed by atoms with Gasteiger partial charge in [0.2, 0.25) is 6.04 Å². The maximum atomic E-state index is 13.0. The number of ether oxygens (including phenoxy) is 1. The van der Waals surface area contributed by atoms with Crippen molar-refractivity contribution in [2.75, 3.05) is 21.2 Å². The number of carbonyl (C=O) groups excluding carboxylic acids is 2. The van der Waals surface area contributed by atoms with Gasteiger partial charge in [-0.1, -0.05) is 47.7 Å². The second-order valence-corrected chi connectivity index (χ2v) is 7.80. The lowest BCUT2D eigenvalue weighted by molar-refractivity contribution is -0.270. The van der Waals surface area contributed by atoms with E-state index in [1.807, 2.05) is 31.2 Å². The number of amides is 3. The van der Waals surface area contributed by atoms with E-state index in [1.165, 1.54) is 25.3 Å². The number of amidine groups is 1. The fraction of sp³-hybridized carbons (Fsp3) is 0.261. The van der Waals surface area contributed by atoms with Crippen LogP contribution in [0, 0.1) is 6.92 Å². The number of hydrogen-bond acceptors (Lipinski definition) is 7. The number of aryl methyl sites for hydroxylation is 1. The molecule has 1 fully saturated rings. The Morgan fingerprint density at radius 3 is 2.58 bits per heavy atom. The fourth-order valence-electron chi connectivity index (χ4n) is 3.70. The van der Waals surface area contributed by atoms with Crippen molar-refractivity contribution in [1.29, 1.82) is 0 Å². The number of guanidine groups is 1. The van der Waals surface area contributed by atoms with Crippen LogP contribution < -0.4 is 19.9 Å². The number of methoxy groups -OCH3 is 1. The molecule has 170 valence electrons. The van der Waals surface area contributed by atoms with Crippen LogP contribution >= 0.6 is 0 Å². The number of imide groups is 1. The van der Waals surface area contributed by atoms with Gasteiger partial charge in [-0.15, -0.1) is 5.10 Å². The Bertz CT molecular complexity index is 1200. The first-order valence-electron chi connectivity index (χ1n) is 10.3. The molecular weight excluding hydrogens is 424 g/mol. The van der Waals surface area contributed by atoms with Gasteiger partial charge in [-0.3, -0.25) is 9.69 Å².